The number of hydrogen-bond donors (Lipinski definition) is 1. The van der Waals surface area contributed by atoms with E-state index in [2.05, 4.69) is 17.4 Å². The fourth-order valence-electron chi connectivity index (χ4n) is 2.17. The molecular weight excluding hydrogens is 269 g/mol. The minimum Gasteiger partial charge on any atom is -0.362 e. The molecule has 1 aromatic heterocycles. The number of halogens is 1. The highest BCUT2D eigenvalue weighted by Crippen LogP contribution is 2.20. The van der Waals surface area contributed by atoms with Crippen molar-refractivity contribution in [3.63, 3.8) is 0 Å². The minimum absolute atomic E-state index is 0.219. The molecule has 1 heterocycles. The molecule has 0 fully saturated rings. The molecule has 0 bridgehead atoms. The van der Waals surface area contributed by atoms with Crippen LogP contribution in [0.3, 0.4) is 0 Å². The van der Waals surface area contributed by atoms with Crippen molar-refractivity contribution < 1.29 is 8.91 Å². The molecule has 2 aromatic rings. The molecule has 0 aliphatic heterocycles. The second kappa shape index (κ2) is 7.78. The highest BCUT2D eigenvalue weighted by molar-refractivity contribution is 5.47. The van der Waals surface area contributed by atoms with Crippen molar-refractivity contribution in [2.45, 2.75) is 33.4 Å². The van der Waals surface area contributed by atoms with Gasteiger partial charge in [0.2, 0.25) is 0 Å². The number of nitrogens with one attached hydrogen (secondary N) is 1. The van der Waals surface area contributed by atoms with Crippen LogP contribution in [0, 0.1) is 5.82 Å². The third-order valence-corrected chi connectivity index (χ3v) is 3.26. The second-order valence-electron chi connectivity index (χ2n) is 4.93. The summed E-state index contributed by atoms with van der Waals surface area (Å²) in [5.41, 5.74) is 1.46. The van der Waals surface area contributed by atoms with Crippen LogP contribution in [0.4, 0.5) is 10.1 Å². The van der Waals surface area contributed by atoms with E-state index in [1.165, 1.54) is 6.07 Å². The van der Waals surface area contributed by atoms with Crippen molar-refractivity contribution in [3.05, 3.63) is 47.6 Å². The standard InChI is InChI=1S/C16H22FN3O/c1-3-9-18-11-13-10-14(21-19-13)12-20(4-2)16-8-6-5-7-15(16)17/h5-8,10,18H,3-4,9,11-12H2,1-2H3. The van der Waals surface area contributed by atoms with Crippen LogP contribution in [0.25, 0.3) is 0 Å². The van der Waals surface area contributed by atoms with Gasteiger partial charge in [0.1, 0.15) is 5.82 Å². The highest BCUT2D eigenvalue weighted by atomic mass is 19.1. The molecule has 0 aliphatic rings. The molecule has 0 saturated heterocycles. The molecule has 0 saturated carbocycles. The van der Waals surface area contributed by atoms with Crippen LogP contribution in [0.5, 0.6) is 0 Å². The maximum atomic E-state index is 13.8. The topological polar surface area (TPSA) is 41.3 Å². The quantitative estimate of drug-likeness (QED) is 0.757. The lowest BCUT2D eigenvalue weighted by Crippen LogP contribution is -2.22. The van der Waals surface area contributed by atoms with E-state index in [0.29, 0.717) is 25.3 Å². The predicted molar refractivity (Wildman–Crippen MR) is 81.6 cm³/mol. The summed E-state index contributed by atoms with van der Waals surface area (Å²) in [5, 5.41) is 7.31. The third kappa shape index (κ3) is 4.29. The molecule has 0 atom stereocenters. The van der Waals surface area contributed by atoms with Crippen LogP contribution < -0.4 is 10.2 Å². The summed E-state index contributed by atoms with van der Waals surface area (Å²) < 4.78 is 19.2. The Morgan fingerprint density at radius 1 is 1.29 bits per heavy atom. The van der Waals surface area contributed by atoms with Crippen molar-refractivity contribution >= 4 is 5.69 Å². The monoisotopic (exact) mass is 291 g/mol. The maximum absolute atomic E-state index is 13.8. The van der Waals surface area contributed by atoms with Crippen LogP contribution in [0.2, 0.25) is 0 Å². The van der Waals surface area contributed by atoms with Gasteiger partial charge in [-0.25, -0.2) is 4.39 Å². The molecule has 114 valence electrons. The Morgan fingerprint density at radius 2 is 2.10 bits per heavy atom. The fourth-order valence-corrected chi connectivity index (χ4v) is 2.17. The molecule has 4 nitrogen and oxygen atoms in total. The first-order valence-electron chi connectivity index (χ1n) is 7.39. The van der Waals surface area contributed by atoms with Crippen LogP contribution in [-0.2, 0) is 13.1 Å². The largest absolute Gasteiger partial charge is 0.362 e. The van der Waals surface area contributed by atoms with E-state index in [0.717, 1.165) is 24.4 Å². The summed E-state index contributed by atoms with van der Waals surface area (Å²) in [6.07, 6.45) is 1.08. The van der Waals surface area contributed by atoms with Crippen molar-refractivity contribution in [2.75, 3.05) is 18.0 Å². The smallest absolute Gasteiger partial charge is 0.156 e. The van der Waals surface area contributed by atoms with Gasteiger partial charge in [-0.2, -0.15) is 0 Å². The zero-order chi connectivity index (χ0) is 15.1. The van der Waals surface area contributed by atoms with Crippen molar-refractivity contribution in [1.82, 2.24) is 10.5 Å². The summed E-state index contributed by atoms with van der Waals surface area (Å²) in [6.45, 7) is 6.98. The molecule has 0 spiro atoms. The van der Waals surface area contributed by atoms with Crippen molar-refractivity contribution in [1.29, 1.82) is 0 Å². The number of benzene rings is 1. The number of hydrogen-bond acceptors (Lipinski definition) is 4. The first-order valence-corrected chi connectivity index (χ1v) is 7.39. The first kappa shape index (κ1) is 15.5. The van der Waals surface area contributed by atoms with Crippen molar-refractivity contribution in [2.24, 2.45) is 0 Å². The first-order chi connectivity index (χ1) is 10.2. The number of rotatable bonds is 8. The predicted octanol–water partition coefficient (Wildman–Crippen LogP) is 3.34. The molecule has 0 amide bonds. The Hall–Kier alpha value is -1.88. The van der Waals surface area contributed by atoms with Gasteiger partial charge in [0.25, 0.3) is 0 Å². The Labute approximate surface area is 124 Å². The van der Waals surface area contributed by atoms with Crippen LogP contribution >= 0.6 is 0 Å². The summed E-state index contributed by atoms with van der Waals surface area (Å²) in [5.74, 6) is 0.525. The third-order valence-electron chi connectivity index (χ3n) is 3.26. The molecule has 1 aromatic carbocycles. The van der Waals surface area contributed by atoms with Gasteiger partial charge < -0.3 is 14.7 Å². The van der Waals surface area contributed by atoms with Gasteiger partial charge in [-0.3, -0.25) is 0 Å². The Morgan fingerprint density at radius 3 is 2.81 bits per heavy atom. The zero-order valence-electron chi connectivity index (χ0n) is 12.6. The van der Waals surface area contributed by atoms with Gasteiger partial charge in [0, 0.05) is 19.2 Å². The van der Waals surface area contributed by atoms with Crippen LogP contribution in [0.15, 0.2) is 34.9 Å². The Kier molecular flexibility index (Phi) is 5.75. The van der Waals surface area contributed by atoms with Gasteiger partial charge >= 0.3 is 0 Å². The van der Waals surface area contributed by atoms with Crippen LogP contribution in [-0.4, -0.2) is 18.2 Å². The number of anilines is 1. The van der Waals surface area contributed by atoms with Crippen molar-refractivity contribution in [3.8, 4) is 0 Å². The van der Waals surface area contributed by atoms with Gasteiger partial charge in [-0.15, -0.1) is 0 Å². The molecule has 1 N–H and O–H groups in total. The SMILES string of the molecule is CCCNCc1cc(CN(CC)c2ccccc2F)on1. The summed E-state index contributed by atoms with van der Waals surface area (Å²) in [7, 11) is 0. The molecule has 0 radical (unpaired) electrons. The van der Waals surface area contributed by atoms with Gasteiger partial charge in [-0.1, -0.05) is 24.2 Å². The molecule has 0 unspecified atom stereocenters. The van der Waals surface area contributed by atoms with Crippen LogP contribution in [0.1, 0.15) is 31.7 Å². The number of nitrogens with zero attached hydrogens (tertiary/aromatic N) is 2. The lowest BCUT2D eigenvalue weighted by molar-refractivity contribution is 0.373. The van der Waals surface area contributed by atoms with E-state index in [9.17, 15) is 4.39 Å². The van der Waals surface area contributed by atoms with Gasteiger partial charge in [0.05, 0.1) is 17.9 Å². The average Bonchev–Trinajstić information content (AvgIpc) is 2.93. The molecule has 21 heavy (non-hydrogen) atoms. The van der Waals surface area contributed by atoms with E-state index < -0.39 is 0 Å². The lowest BCUT2D eigenvalue weighted by Gasteiger charge is -2.21. The Bertz CT molecular complexity index is 556. The number of para-hydroxylation sites is 1. The minimum atomic E-state index is -0.219. The van der Waals surface area contributed by atoms with E-state index in [1.54, 1.807) is 12.1 Å². The Balaban J connectivity index is 2.01. The van der Waals surface area contributed by atoms with E-state index in [4.69, 9.17) is 4.52 Å². The molecule has 0 aliphatic carbocycles. The lowest BCUT2D eigenvalue weighted by atomic mass is 10.2. The molecular formula is C16H22FN3O. The maximum Gasteiger partial charge on any atom is 0.156 e. The van der Waals surface area contributed by atoms with Gasteiger partial charge in [0.15, 0.2) is 5.76 Å². The summed E-state index contributed by atoms with van der Waals surface area (Å²) in [4.78, 5) is 1.93. The molecule has 2 rings (SSSR count). The summed E-state index contributed by atoms with van der Waals surface area (Å²) in [6, 6.07) is 8.70. The number of aromatic nitrogens is 1. The zero-order valence-corrected chi connectivity index (χ0v) is 12.6. The van der Waals surface area contributed by atoms with E-state index in [-0.39, 0.29) is 5.82 Å². The normalized spacial score (nSPS) is 10.8. The van der Waals surface area contributed by atoms with E-state index >= 15 is 0 Å². The fraction of sp³-hybridized carbons (Fsp3) is 0.438. The summed E-state index contributed by atoms with van der Waals surface area (Å²) >= 11 is 0. The second-order valence-corrected chi connectivity index (χ2v) is 4.93. The van der Waals surface area contributed by atoms with E-state index in [1.807, 2.05) is 24.0 Å². The molecule has 5 heteroatoms. The van der Waals surface area contributed by atoms with Gasteiger partial charge in [-0.05, 0) is 32.0 Å². The highest BCUT2D eigenvalue weighted by Gasteiger charge is 2.13. The average molecular weight is 291 g/mol.